The molecule has 0 amide bonds. The molecule has 1 heterocycles. The highest BCUT2D eigenvalue weighted by Crippen LogP contribution is 2.12. The first-order chi connectivity index (χ1) is 5.79. The van der Waals surface area contributed by atoms with Gasteiger partial charge in [-0.25, -0.2) is 0 Å². The second kappa shape index (κ2) is 4.07. The van der Waals surface area contributed by atoms with Gasteiger partial charge in [-0.2, -0.15) is 0 Å². The molecule has 0 spiro atoms. The maximum Gasteiger partial charge on any atom is 0.265 e. The minimum Gasteiger partial charge on any atom is -0.277 e. The van der Waals surface area contributed by atoms with Crippen LogP contribution in [-0.4, -0.2) is 4.37 Å². The molecule has 64 valence electrons. The number of nitrogens with one attached hydrogen (secondary N) is 1. The normalized spacial score (nSPS) is 11.8. The van der Waals surface area contributed by atoms with Crippen LogP contribution in [0.2, 0.25) is 0 Å². The van der Waals surface area contributed by atoms with E-state index in [0.717, 1.165) is 10.4 Å². The molecular formula is C9H11NOS. The maximum atomic E-state index is 11.2. The third-order valence-corrected chi connectivity index (χ3v) is 2.28. The number of rotatable bonds is 2. The van der Waals surface area contributed by atoms with Crippen LogP contribution in [0.1, 0.15) is 24.3 Å². The van der Waals surface area contributed by atoms with E-state index in [-0.39, 0.29) is 5.56 Å². The largest absolute Gasteiger partial charge is 0.277 e. The van der Waals surface area contributed by atoms with Gasteiger partial charge in [0.1, 0.15) is 0 Å². The number of hydrogen-bond donors (Lipinski definition) is 1. The molecule has 0 atom stereocenters. The third kappa shape index (κ3) is 1.74. The van der Waals surface area contributed by atoms with E-state index in [1.54, 1.807) is 0 Å². The van der Waals surface area contributed by atoms with Crippen LogP contribution >= 0.6 is 11.5 Å². The van der Waals surface area contributed by atoms with Crippen molar-refractivity contribution in [3.8, 4) is 0 Å². The number of aromatic amines is 1. The van der Waals surface area contributed by atoms with Gasteiger partial charge in [0.2, 0.25) is 0 Å². The predicted molar refractivity (Wildman–Crippen MR) is 54.4 cm³/mol. The van der Waals surface area contributed by atoms with Crippen LogP contribution in [0.4, 0.5) is 0 Å². The van der Waals surface area contributed by atoms with E-state index in [1.807, 2.05) is 38.2 Å². The molecule has 3 heteroatoms. The second-order valence-electron chi connectivity index (χ2n) is 2.31. The molecule has 0 radical (unpaired) electrons. The van der Waals surface area contributed by atoms with E-state index >= 15 is 0 Å². The smallest absolute Gasteiger partial charge is 0.265 e. The van der Waals surface area contributed by atoms with Crippen molar-refractivity contribution in [3.05, 3.63) is 32.9 Å². The van der Waals surface area contributed by atoms with Crippen LogP contribution in [0.3, 0.4) is 0 Å². The van der Waals surface area contributed by atoms with Crippen LogP contribution < -0.4 is 5.56 Å². The van der Waals surface area contributed by atoms with Gasteiger partial charge in [-0.05, 0) is 19.9 Å². The Bertz CT molecular complexity index is 357. The number of allylic oxidation sites excluding steroid dienone is 2. The van der Waals surface area contributed by atoms with Gasteiger partial charge in [-0.3, -0.25) is 9.17 Å². The molecule has 1 aromatic rings. The highest BCUT2D eigenvalue weighted by atomic mass is 32.1. The van der Waals surface area contributed by atoms with Crippen molar-refractivity contribution < 1.29 is 0 Å². The lowest BCUT2D eigenvalue weighted by atomic mass is 10.2. The van der Waals surface area contributed by atoms with Crippen molar-refractivity contribution in [1.29, 1.82) is 0 Å². The topological polar surface area (TPSA) is 32.9 Å². The lowest BCUT2D eigenvalue weighted by molar-refractivity contribution is 1.41. The fraction of sp³-hybridized carbons (Fsp3) is 0.222. The van der Waals surface area contributed by atoms with E-state index in [9.17, 15) is 4.79 Å². The molecule has 0 saturated heterocycles. The summed E-state index contributed by atoms with van der Waals surface area (Å²) in [5.41, 5.74) is 0.742. The van der Waals surface area contributed by atoms with Crippen molar-refractivity contribution in [2.24, 2.45) is 0 Å². The Morgan fingerprint density at radius 3 is 2.50 bits per heavy atom. The highest BCUT2D eigenvalue weighted by molar-refractivity contribution is 7.07. The summed E-state index contributed by atoms with van der Waals surface area (Å²) in [5.74, 6) is 0. The van der Waals surface area contributed by atoms with E-state index in [4.69, 9.17) is 0 Å². The molecule has 12 heavy (non-hydrogen) atoms. The van der Waals surface area contributed by atoms with Crippen molar-refractivity contribution in [2.75, 3.05) is 0 Å². The van der Waals surface area contributed by atoms with Gasteiger partial charge in [0, 0.05) is 0 Å². The lowest BCUT2D eigenvalue weighted by Gasteiger charge is -1.85. The van der Waals surface area contributed by atoms with Gasteiger partial charge in [-0.1, -0.05) is 29.8 Å². The summed E-state index contributed by atoms with van der Waals surface area (Å²) in [6.07, 6.45) is 7.54. The average Bonchev–Trinajstić information content (AvgIpc) is 2.37. The minimum absolute atomic E-state index is 0.00815. The number of H-pyrrole nitrogens is 1. The van der Waals surface area contributed by atoms with Crippen LogP contribution in [0.15, 0.2) is 16.9 Å². The van der Waals surface area contributed by atoms with E-state index in [2.05, 4.69) is 4.37 Å². The predicted octanol–water partition coefficient (Wildman–Crippen LogP) is 2.50. The van der Waals surface area contributed by atoms with E-state index < -0.39 is 0 Å². The maximum absolute atomic E-state index is 11.2. The zero-order valence-corrected chi connectivity index (χ0v) is 7.94. The van der Waals surface area contributed by atoms with Crippen molar-refractivity contribution >= 4 is 23.7 Å². The Morgan fingerprint density at radius 1 is 1.25 bits per heavy atom. The molecule has 1 rings (SSSR count). The fourth-order valence-corrected chi connectivity index (χ4v) is 1.71. The number of aromatic nitrogens is 1. The molecule has 1 N–H and O–H groups in total. The van der Waals surface area contributed by atoms with Gasteiger partial charge in [0.05, 0.1) is 10.4 Å². The summed E-state index contributed by atoms with van der Waals surface area (Å²) >= 11 is 1.37. The van der Waals surface area contributed by atoms with Crippen LogP contribution in [-0.2, 0) is 0 Å². The standard InChI is InChI=1S/C9H11NOS/c1-3-5-7-8(6-4-2)12-10-9(7)11/h3-6H,1-2H3,(H,10,11)/b5-3-,6-4-. The molecule has 0 aliphatic carbocycles. The zero-order valence-electron chi connectivity index (χ0n) is 7.13. The molecule has 1 aromatic heterocycles. The van der Waals surface area contributed by atoms with Gasteiger partial charge >= 0.3 is 0 Å². The van der Waals surface area contributed by atoms with E-state index in [1.165, 1.54) is 11.5 Å². The van der Waals surface area contributed by atoms with Crippen molar-refractivity contribution in [3.63, 3.8) is 0 Å². The molecule has 0 aromatic carbocycles. The molecule has 0 unspecified atom stereocenters. The van der Waals surface area contributed by atoms with E-state index in [0.29, 0.717) is 0 Å². The third-order valence-electron chi connectivity index (χ3n) is 1.42. The summed E-state index contributed by atoms with van der Waals surface area (Å²) in [5, 5.41) is 0. The van der Waals surface area contributed by atoms with Gasteiger partial charge in [0.15, 0.2) is 0 Å². The summed E-state index contributed by atoms with van der Waals surface area (Å²) in [7, 11) is 0. The second-order valence-corrected chi connectivity index (χ2v) is 3.16. The average molecular weight is 181 g/mol. The lowest BCUT2D eigenvalue weighted by Crippen LogP contribution is -2.00. The van der Waals surface area contributed by atoms with Gasteiger partial charge in [-0.15, -0.1) is 0 Å². The first kappa shape index (κ1) is 9.00. The SMILES string of the molecule is C/C=C\c1s[nH]c(=O)c1/C=C\C. The van der Waals surface area contributed by atoms with Gasteiger partial charge < -0.3 is 0 Å². The Labute approximate surface area is 75.4 Å². The molecule has 0 bridgehead atoms. The Morgan fingerprint density at radius 2 is 1.92 bits per heavy atom. The molecule has 0 fully saturated rings. The number of hydrogen-bond acceptors (Lipinski definition) is 2. The first-order valence-corrected chi connectivity index (χ1v) is 4.58. The zero-order chi connectivity index (χ0) is 8.97. The van der Waals surface area contributed by atoms with Crippen molar-refractivity contribution in [1.82, 2.24) is 4.37 Å². The van der Waals surface area contributed by atoms with Gasteiger partial charge in [0.25, 0.3) is 5.56 Å². The van der Waals surface area contributed by atoms with Crippen LogP contribution in [0.25, 0.3) is 12.2 Å². The fourth-order valence-electron chi connectivity index (χ4n) is 0.923. The Balaban J connectivity index is 3.21. The quantitative estimate of drug-likeness (QED) is 0.747. The van der Waals surface area contributed by atoms with Crippen LogP contribution in [0.5, 0.6) is 0 Å². The summed E-state index contributed by atoms with van der Waals surface area (Å²) in [6, 6.07) is 0. The molecule has 0 saturated carbocycles. The monoisotopic (exact) mass is 181 g/mol. The minimum atomic E-state index is -0.00815. The molecule has 0 aliphatic heterocycles. The molecule has 0 aliphatic rings. The Kier molecular flexibility index (Phi) is 3.05. The summed E-state index contributed by atoms with van der Waals surface area (Å²) < 4.78 is 2.69. The highest BCUT2D eigenvalue weighted by Gasteiger charge is 2.02. The summed E-state index contributed by atoms with van der Waals surface area (Å²) in [4.78, 5) is 12.2. The van der Waals surface area contributed by atoms with Crippen molar-refractivity contribution in [2.45, 2.75) is 13.8 Å². The Hall–Kier alpha value is -1.09. The molecule has 2 nitrogen and oxygen atoms in total. The first-order valence-electron chi connectivity index (χ1n) is 3.76. The summed E-state index contributed by atoms with van der Waals surface area (Å²) in [6.45, 7) is 3.83. The van der Waals surface area contributed by atoms with Crippen LogP contribution in [0, 0.1) is 0 Å². The molecular weight excluding hydrogens is 170 g/mol.